The molecular weight excluding hydrogens is 362 g/mol. The molecule has 0 fully saturated rings. The summed E-state index contributed by atoms with van der Waals surface area (Å²) in [4.78, 5) is 13.2. The zero-order valence-electron chi connectivity index (χ0n) is 12.6. The molecule has 0 radical (unpaired) electrons. The summed E-state index contributed by atoms with van der Waals surface area (Å²) < 4.78 is 6.10. The second kappa shape index (κ2) is 8.25. The predicted molar refractivity (Wildman–Crippen MR) is 95.9 cm³/mol. The zero-order chi connectivity index (χ0) is 15.9. The molecule has 5 heteroatoms. The monoisotopic (exact) mass is 379 g/mol. The number of nitrogens with one attached hydrogen (secondary N) is 1. The van der Waals surface area contributed by atoms with Crippen LogP contribution in [0.25, 0.3) is 0 Å². The van der Waals surface area contributed by atoms with E-state index in [1.54, 1.807) is 18.9 Å². The van der Waals surface area contributed by atoms with Gasteiger partial charge >= 0.3 is 0 Å². The molecule has 0 aliphatic heterocycles. The van der Waals surface area contributed by atoms with Crippen LogP contribution in [0, 0.1) is 0 Å². The summed E-state index contributed by atoms with van der Waals surface area (Å²) in [6.45, 7) is 0. The van der Waals surface area contributed by atoms with Gasteiger partial charge in [0.2, 0.25) is 5.91 Å². The van der Waals surface area contributed by atoms with Crippen molar-refractivity contribution in [3.05, 3.63) is 52.5 Å². The minimum absolute atomic E-state index is 0.0174. The zero-order valence-corrected chi connectivity index (χ0v) is 15.0. The molecular formula is C17H18BrNO2S. The third-order valence-corrected chi connectivity index (χ3v) is 4.59. The van der Waals surface area contributed by atoms with Crippen molar-refractivity contribution in [3.8, 4) is 5.75 Å². The first-order valence-corrected chi connectivity index (χ1v) is 8.90. The van der Waals surface area contributed by atoms with Gasteiger partial charge in [0.15, 0.2) is 0 Å². The number of rotatable bonds is 6. The Kier molecular flexibility index (Phi) is 6.34. The van der Waals surface area contributed by atoms with Crippen LogP contribution in [0.1, 0.15) is 12.0 Å². The summed E-state index contributed by atoms with van der Waals surface area (Å²) in [5.74, 6) is 0.811. The largest absolute Gasteiger partial charge is 0.496 e. The van der Waals surface area contributed by atoms with Crippen molar-refractivity contribution in [1.29, 1.82) is 0 Å². The molecule has 0 atom stereocenters. The number of anilines is 1. The van der Waals surface area contributed by atoms with Gasteiger partial charge in [0, 0.05) is 17.0 Å². The number of hydrogen-bond donors (Lipinski definition) is 1. The van der Waals surface area contributed by atoms with Gasteiger partial charge in [-0.2, -0.15) is 0 Å². The number of ether oxygens (including phenoxy) is 1. The van der Waals surface area contributed by atoms with Gasteiger partial charge < -0.3 is 10.1 Å². The highest BCUT2D eigenvalue weighted by molar-refractivity contribution is 9.10. The number of carbonyl (C=O) groups excluding carboxylic acids is 1. The van der Waals surface area contributed by atoms with Crippen LogP contribution in [0.15, 0.2) is 51.8 Å². The van der Waals surface area contributed by atoms with Gasteiger partial charge in [-0.25, -0.2) is 0 Å². The minimum Gasteiger partial charge on any atom is -0.496 e. The second-order valence-electron chi connectivity index (χ2n) is 4.75. The van der Waals surface area contributed by atoms with Gasteiger partial charge in [-0.15, -0.1) is 11.8 Å². The highest BCUT2D eigenvalue weighted by Crippen LogP contribution is 2.26. The SMILES string of the molecule is COc1ccc(CCC(=O)Nc2ccc(SC)cc2)cc1Br. The Morgan fingerprint density at radius 1 is 1.23 bits per heavy atom. The van der Waals surface area contributed by atoms with Crippen LogP contribution in [0.4, 0.5) is 5.69 Å². The van der Waals surface area contributed by atoms with Crippen LogP contribution in [-0.4, -0.2) is 19.3 Å². The van der Waals surface area contributed by atoms with Crippen LogP contribution in [0.2, 0.25) is 0 Å². The molecule has 3 nitrogen and oxygen atoms in total. The van der Waals surface area contributed by atoms with Crippen LogP contribution in [0.3, 0.4) is 0 Å². The highest BCUT2D eigenvalue weighted by Gasteiger charge is 2.06. The van der Waals surface area contributed by atoms with E-state index in [9.17, 15) is 4.79 Å². The number of amides is 1. The Labute approximate surface area is 143 Å². The van der Waals surface area contributed by atoms with Crippen molar-refractivity contribution >= 4 is 39.3 Å². The summed E-state index contributed by atoms with van der Waals surface area (Å²) in [7, 11) is 1.63. The topological polar surface area (TPSA) is 38.3 Å². The van der Waals surface area contributed by atoms with E-state index in [0.29, 0.717) is 12.8 Å². The number of methoxy groups -OCH3 is 1. The quantitative estimate of drug-likeness (QED) is 0.735. The smallest absolute Gasteiger partial charge is 0.224 e. The summed E-state index contributed by atoms with van der Waals surface area (Å²) in [5, 5.41) is 2.92. The fraction of sp³-hybridized carbons (Fsp3) is 0.235. The molecule has 0 aliphatic carbocycles. The first kappa shape index (κ1) is 16.9. The molecule has 0 unspecified atom stereocenters. The summed E-state index contributed by atoms with van der Waals surface area (Å²) in [6.07, 6.45) is 3.17. The van der Waals surface area contributed by atoms with E-state index in [4.69, 9.17) is 4.74 Å². The highest BCUT2D eigenvalue weighted by atomic mass is 79.9. The summed E-state index contributed by atoms with van der Waals surface area (Å²) in [6, 6.07) is 13.7. The maximum atomic E-state index is 12.0. The molecule has 0 spiro atoms. The Hall–Kier alpha value is -1.46. The van der Waals surface area contributed by atoms with Crippen LogP contribution in [-0.2, 0) is 11.2 Å². The van der Waals surface area contributed by atoms with E-state index >= 15 is 0 Å². The third-order valence-electron chi connectivity index (χ3n) is 3.23. The molecule has 0 saturated heterocycles. The molecule has 2 aromatic carbocycles. The number of aryl methyl sites for hydroxylation is 1. The average Bonchev–Trinajstić information content (AvgIpc) is 2.54. The lowest BCUT2D eigenvalue weighted by Crippen LogP contribution is -2.12. The molecule has 2 rings (SSSR count). The van der Waals surface area contributed by atoms with Gasteiger partial charge in [-0.05, 0) is 70.6 Å². The van der Waals surface area contributed by atoms with Gasteiger partial charge in [0.25, 0.3) is 0 Å². The van der Waals surface area contributed by atoms with Crippen LogP contribution < -0.4 is 10.1 Å². The van der Waals surface area contributed by atoms with Crippen molar-refractivity contribution in [2.45, 2.75) is 17.7 Å². The standard InChI is InChI=1S/C17H18BrNO2S/c1-21-16-9-3-12(11-15(16)18)4-10-17(20)19-13-5-7-14(22-2)8-6-13/h3,5-9,11H,4,10H2,1-2H3,(H,19,20). The van der Waals surface area contributed by atoms with E-state index in [1.165, 1.54) is 4.90 Å². The Balaban J connectivity index is 1.88. The normalized spacial score (nSPS) is 10.3. The Morgan fingerprint density at radius 3 is 2.55 bits per heavy atom. The molecule has 116 valence electrons. The van der Waals surface area contributed by atoms with Crippen molar-refractivity contribution < 1.29 is 9.53 Å². The number of halogens is 1. The predicted octanol–water partition coefficient (Wildman–Crippen LogP) is 4.75. The first-order valence-electron chi connectivity index (χ1n) is 6.88. The molecule has 0 bridgehead atoms. The third kappa shape index (κ3) is 4.78. The molecule has 1 N–H and O–H groups in total. The Morgan fingerprint density at radius 2 is 1.95 bits per heavy atom. The lowest BCUT2D eigenvalue weighted by atomic mass is 10.1. The van der Waals surface area contributed by atoms with E-state index in [-0.39, 0.29) is 5.91 Å². The molecule has 0 heterocycles. The second-order valence-corrected chi connectivity index (χ2v) is 6.48. The van der Waals surface area contributed by atoms with Gasteiger partial charge in [-0.3, -0.25) is 4.79 Å². The molecule has 2 aromatic rings. The van der Waals surface area contributed by atoms with E-state index in [0.717, 1.165) is 21.5 Å². The molecule has 22 heavy (non-hydrogen) atoms. The van der Waals surface area contributed by atoms with Crippen molar-refractivity contribution in [3.63, 3.8) is 0 Å². The average molecular weight is 380 g/mol. The van der Waals surface area contributed by atoms with Gasteiger partial charge in [-0.1, -0.05) is 6.07 Å². The summed E-state index contributed by atoms with van der Waals surface area (Å²) in [5.41, 5.74) is 1.93. The number of hydrogen-bond acceptors (Lipinski definition) is 3. The Bertz CT molecular complexity index is 644. The fourth-order valence-electron chi connectivity index (χ4n) is 2.02. The fourth-order valence-corrected chi connectivity index (χ4v) is 3.02. The van der Waals surface area contributed by atoms with Crippen molar-refractivity contribution in [2.75, 3.05) is 18.7 Å². The van der Waals surface area contributed by atoms with Gasteiger partial charge in [0.05, 0.1) is 11.6 Å². The van der Waals surface area contributed by atoms with E-state index in [2.05, 4.69) is 21.2 Å². The molecule has 0 saturated carbocycles. The maximum Gasteiger partial charge on any atom is 0.224 e. The van der Waals surface area contributed by atoms with E-state index in [1.807, 2.05) is 48.7 Å². The lowest BCUT2D eigenvalue weighted by Gasteiger charge is -2.08. The van der Waals surface area contributed by atoms with Gasteiger partial charge in [0.1, 0.15) is 5.75 Å². The molecule has 0 aliphatic rings. The number of carbonyl (C=O) groups is 1. The number of benzene rings is 2. The lowest BCUT2D eigenvalue weighted by molar-refractivity contribution is -0.116. The first-order chi connectivity index (χ1) is 10.6. The van der Waals surface area contributed by atoms with Crippen molar-refractivity contribution in [2.24, 2.45) is 0 Å². The van der Waals surface area contributed by atoms with Crippen LogP contribution in [0.5, 0.6) is 5.75 Å². The van der Waals surface area contributed by atoms with E-state index < -0.39 is 0 Å². The van der Waals surface area contributed by atoms with Crippen LogP contribution >= 0.6 is 27.7 Å². The van der Waals surface area contributed by atoms with Crippen molar-refractivity contribution in [1.82, 2.24) is 0 Å². The molecule has 1 amide bonds. The molecule has 0 aromatic heterocycles. The maximum absolute atomic E-state index is 12.0. The summed E-state index contributed by atoms with van der Waals surface area (Å²) >= 11 is 5.13. The minimum atomic E-state index is 0.0174. The number of thioether (sulfide) groups is 1.